The summed E-state index contributed by atoms with van der Waals surface area (Å²) in [4.78, 5) is 26.5. The summed E-state index contributed by atoms with van der Waals surface area (Å²) in [5.41, 5.74) is -1.55. The Morgan fingerprint density at radius 2 is 1.45 bits per heavy atom. The number of amides is 1. The fraction of sp³-hybridized carbons (Fsp3) is 0.560. The van der Waals surface area contributed by atoms with Gasteiger partial charge in [-0.2, -0.15) is 26.3 Å². The van der Waals surface area contributed by atoms with Crippen molar-refractivity contribution < 1.29 is 31.1 Å². The monoisotopic (exact) mass is 544 g/mol. The highest BCUT2D eigenvalue weighted by Gasteiger charge is 2.32. The molecule has 2 aromatic heterocycles. The molecule has 208 valence electrons. The van der Waals surface area contributed by atoms with Crippen LogP contribution in [0.15, 0.2) is 36.7 Å². The van der Waals surface area contributed by atoms with Crippen molar-refractivity contribution in [3.05, 3.63) is 47.8 Å². The molecular weight excluding hydrogens is 514 g/mol. The summed E-state index contributed by atoms with van der Waals surface area (Å²) in [5, 5.41) is 3.15. The predicted octanol–water partition coefficient (Wildman–Crippen LogP) is 4.52. The smallest absolute Gasteiger partial charge is 0.367 e. The van der Waals surface area contributed by atoms with E-state index in [1.165, 1.54) is 12.1 Å². The molecule has 0 bridgehead atoms. The third-order valence-electron chi connectivity index (χ3n) is 6.93. The van der Waals surface area contributed by atoms with E-state index in [9.17, 15) is 31.1 Å². The predicted molar refractivity (Wildman–Crippen MR) is 130 cm³/mol. The minimum atomic E-state index is -4.42. The van der Waals surface area contributed by atoms with Gasteiger partial charge in [0.25, 0.3) is 0 Å². The molecule has 0 radical (unpaired) electrons. The molecule has 2 saturated heterocycles. The van der Waals surface area contributed by atoms with E-state index >= 15 is 0 Å². The molecule has 2 aliphatic heterocycles. The van der Waals surface area contributed by atoms with Gasteiger partial charge in [-0.3, -0.25) is 9.69 Å². The molecule has 7 nitrogen and oxygen atoms in total. The summed E-state index contributed by atoms with van der Waals surface area (Å²) in [6.07, 6.45) is -4.63. The number of alkyl halides is 6. The molecular formula is C25H30F6N6O. The molecule has 2 aliphatic rings. The van der Waals surface area contributed by atoms with Crippen LogP contribution in [0.1, 0.15) is 36.8 Å². The quantitative estimate of drug-likeness (QED) is 0.518. The molecule has 0 aromatic carbocycles. The number of likely N-dealkylation sites (tertiary alicyclic amines) is 1. The van der Waals surface area contributed by atoms with E-state index < -0.39 is 23.5 Å². The standard InChI is InChI=1S/C25H30F6N6O/c26-24(27,28)18-3-5-21(32-16-18)34-20-7-10-37(11-8-20)23(38)2-1-9-35-12-14-36(15-13-35)22-6-4-19(17-33-22)25(29,30)31/h3-6,16-17,20H,1-2,7-15H2,(H,32,34). The molecule has 0 saturated carbocycles. The summed E-state index contributed by atoms with van der Waals surface area (Å²) >= 11 is 0. The highest BCUT2D eigenvalue weighted by Crippen LogP contribution is 2.30. The molecule has 1 N–H and O–H groups in total. The van der Waals surface area contributed by atoms with Crippen LogP contribution in [0.4, 0.5) is 38.0 Å². The first-order valence-corrected chi connectivity index (χ1v) is 12.6. The van der Waals surface area contributed by atoms with E-state index in [0.29, 0.717) is 63.5 Å². The fourth-order valence-corrected chi connectivity index (χ4v) is 4.68. The summed E-state index contributed by atoms with van der Waals surface area (Å²) in [6, 6.07) is 4.80. The Balaban J connectivity index is 1.12. The second-order valence-corrected chi connectivity index (χ2v) is 9.56. The van der Waals surface area contributed by atoms with Crippen LogP contribution >= 0.6 is 0 Å². The lowest BCUT2D eigenvalue weighted by atomic mass is 10.0. The zero-order valence-corrected chi connectivity index (χ0v) is 20.7. The Labute approximate surface area is 216 Å². The topological polar surface area (TPSA) is 64.6 Å². The molecule has 4 heterocycles. The van der Waals surface area contributed by atoms with Gasteiger partial charge in [-0.25, -0.2) is 9.97 Å². The van der Waals surface area contributed by atoms with Crippen molar-refractivity contribution in [2.24, 2.45) is 0 Å². The first-order valence-electron chi connectivity index (χ1n) is 12.6. The minimum Gasteiger partial charge on any atom is -0.367 e. The van der Waals surface area contributed by atoms with Crippen LogP contribution < -0.4 is 10.2 Å². The van der Waals surface area contributed by atoms with Gasteiger partial charge in [0.05, 0.1) is 11.1 Å². The molecule has 2 aromatic rings. The lowest BCUT2D eigenvalue weighted by Crippen LogP contribution is -2.47. The van der Waals surface area contributed by atoms with Crippen molar-refractivity contribution in [1.29, 1.82) is 0 Å². The second-order valence-electron chi connectivity index (χ2n) is 9.56. The molecule has 1 amide bonds. The van der Waals surface area contributed by atoms with Crippen LogP contribution in [-0.4, -0.2) is 77.5 Å². The van der Waals surface area contributed by atoms with Gasteiger partial charge >= 0.3 is 12.4 Å². The summed E-state index contributed by atoms with van der Waals surface area (Å²) < 4.78 is 76.2. The normalized spacial score (nSPS) is 18.1. The highest BCUT2D eigenvalue weighted by molar-refractivity contribution is 5.76. The number of halogens is 6. The van der Waals surface area contributed by atoms with Crippen LogP contribution in [0.5, 0.6) is 0 Å². The Morgan fingerprint density at radius 3 is 1.97 bits per heavy atom. The number of anilines is 2. The number of carbonyl (C=O) groups excluding carboxylic acids is 1. The number of pyridine rings is 2. The number of hydrogen-bond donors (Lipinski definition) is 1. The number of nitrogens with one attached hydrogen (secondary N) is 1. The molecule has 2 fully saturated rings. The third kappa shape index (κ3) is 7.49. The Morgan fingerprint density at radius 1 is 0.842 bits per heavy atom. The highest BCUT2D eigenvalue weighted by atomic mass is 19.4. The molecule has 38 heavy (non-hydrogen) atoms. The van der Waals surface area contributed by atoms with E-state index in [0.717, 1.165) is 44.2 Å². The number of carbonyl (C=O) groups is 1. The van der Waals surface area contributed by atoms with Crippen molar-refractivity contribution >= 4 is 17.5 Å². The molecule has 0 spiro atoms. The molecule has 4 rings (SSSR count). The maximum atomic E-state index is 12.7. The fourth-order valence-electron chi connectivity index (χ4n) is 4.68. The molecule has 0 unspecified atom stereocenters. The van der Waals surface area contributed by atoms with E-state index in [1.807, 2.05) is 9.80 Å². The van der Waals surface area contributed by atoms with Crippen LogP contribution in [0.2, 0.25) is 0 Å². The van der Waals surface area contributed by atoms with Crippen molar-refractivity contribution in [3.63, 3.8) is 0 Å². The maximum absolute atomic E-state index is 12.7. The van der Waals surface area contributed by atoms with Gasteiger partial charge in [0, 0.05) is 64.1 Å². The maximum Gasteiger partial charge on any atom is 0.417 e. The minimum absolute atomic E-state index is 0.0405. The number of piperidine rings is 1. The van der Waals surface area contributed by atoms with Crippen molar-refractivity contribution in [2.75, 3.05) is 56.0 Å². The molecule has 0 atom stereocenters. The Hall–Kier alpha value is -3.09. The summed E-state index contributed by atoms with van der Waals surface area (Å²) in [6.45, 7) is 4.71. The number of rotatable bonds is 7. The lowest BCUT2D eigenvalue weighted by molar-refractivity contribution is -0.138. The van der Waals surface area contributed by atoms with Gasteiger partial charge in [0.1, 0.15) is 11.6 Å². The molecule has 0 aliphatic carbocycles. The first kappa shape index (κ1) is 27.9. The average molecular weight is 545 g/mol. The third-order valence-corrected chi connectivity index (χ3v) is 6.93. The van der Waals surface area contributed by atoms with Gasteiger partial charge in [-0.15, -0.1) is 0 Å². The first-order chi connectivity index (χ1) is 18.0. The Bertz CT molecular complexity index is 1040. The zero-order chi connectivity index (χ0) is 27.3. The number of hydrogen-bond acceptors (Lipinski definition) is 6. The van der Waals surface area contributed by atoms with Gasteiger partial charge in [0.15, 0.2) is 0 Å². The average Bonchev–Trinajstić information content (AvgIpc) is 2.89. The van der Waals surface area contributed by atoms with E-state index in [4.69, 9.17) is 0 Å². The van der Waals surface area contributed by atoms with Crippen molar-refractivity contribution in [2.45, 2.75) is 44.1 Å². The number of nitrogens with zero attached hydrogens (tertiary/aromatic N) is 5. The van der Waals surface area contributed by atoms with Crippen LogP contribution in [0.3, 0.4) is 0 Å². The SMILES string of the molecule is O=C(CCCN1CCN(c2ccc(C(F)(F)F)cn2)CC1)N1CCC(Nc2ccc(C(F)(F)F)cn2)CC1. The summed E-state index contributed by atoms with van der Waals surface area (Å²) in [7, 11) is 0. The van der Waals surface area contributed by atoms with Gasteiger partial charge in [-0.1, -0.05) is 0 Å². The van der Waals surface area contributed by atoms with E-state index in [-0.39, 0.29) is 11.9 Å². The molecule has 13 heteroatoms. The second kappa shape index (κ2) is 11.7. The lowest BCUT2D eigenvalue weighted by Gasteiger charge is -2.36. The summed E-state index contributed by atoms with van der Waals surface area (Å²) in [5.74, 6) is 1.00. The number of aromatic nitrogens is 2. The van der Waals surface area contributed by atoms with Crippen LogP contribution in [0, 0.1) is 0 Å². The van der Waals surface area contributed by atoms with Crippen molar-refractivity contribution in [1.82, 2.24) is 19.8 Å². The van der Waals surface area contributed by atoms with E-state index in [1.54, 1.807) is 0 Å². The largest absolute Gasteiger partial charge is 0.417 e. The van der Waals surface area contributed by atoms with Gasteiger partial charge in [-0.05, 0) is 50.1 Å². The van der Waals surface area contributed by atoms with Gasteiger partial charge < -0.3 is 15.1 Å². The van der Waals surface area contributed by atoms with Gasteiger partial charge in [0.2, 0.25) is 5.91 Å². The van der Waals surface area contributed by atoms with Crippen molar-refractivity contribution in [3.8, 4) is 0 Å². The zero-order valence-electron chi connectivity index (χ0n) is 20.7. The van der Waals surface area contributed by atoms with Crippen LogP contribution in [0.25, 0.3) is 0 Å². The number of piperazine rings is 1. The van der Waals surface area contributed by atoms with Crippen LogP contribution in [-0.2, 0) is 17.1 Å². The Kier molecular flexibility index (Phi) is 8.64. The van der Waals surface area contributed by atoms with E-state index in [2.05, 4.69) is 20.2 Å².